The van der Waals surface area contributed by atoms with Gasteiger partial charge < -0.3 is 9.13 Å². The summed E-state index contributed by atoms with van der Waals surface area (Å²) in [5.74, 6) is 0. The van der Waals surface area contributed by atoms with Crippen LogP contribution < -0.4 is 0 Å². The molecule has 2 nitrogen and oxygen atoms in total. The van der Waals surface area contributed by atoms with Crippen LogP contribution in [0.2, 0.25) is 0 Å². The molecule has 0 atom stereocenters. The van der Waals surface area contributed by atoms with Crippen molar-refractivity contribution < 1.29 is 0 Å². The zero-order chi connectivity index (χ0) is 53.2. The molecule has 0 fully saturated rings. The predicted molar refractivity (Wildman–Crippen MR) is 344 cm³/mol. The maximum atomic E-state index is 2.56. The first-order chi connectivity index (χ1) is 40.7. The lowest BCUT2D eigenvalue weighted by atomic mass is 9.70. The van der Waals surface area contributed by atoms with E-state index >= 15 is 0 Å². The summed E-state index contributed by atoms with van der Waals surface area (Å²) in [4.78, 5) is 2.54. The summed E-state index contributed by atoms with van der Waals surface area (Å²) in [5, 5.41) is 7.77. The average molecular weight is 1070 g/mol. The molecule has 4 aliphatic rings. The molecule has 4 aromatic heterocycles. The van der Waals surface area contributed by atoms with Crippen LogP contribution in [0, 0.1) is 0 Å². The van der Waals surface area contributed by atoms with Gasteiger partial charge in [0.15, 0.2) is 0 Å². The van der Waals surface area contributed by atoms with Crippen molar-refractivity contribution in [1.82, 2.24) is 9.13 Å². The summed E-state index contributed by atoms with van der Waals surface area (Å²) in [6, 6.07) is 102. The highest BCUT2D eigenvalue weighted by atomic mass is 32.1. The number of hydrogen-bond acceptors (Lipinski definition) is 2. The summed E-state index contributed by atoms with van der Waals surface area (Å²) in [5.41, 5.74) is 27.8. The van der Waals surface area contributed by atoms with Crippen molar-refractivity contribution in [3.8, 4) is 67.0 Å². The van der Waals surface area contributed by atoms with E-state index in [0.717, 1.165) is 0 Å². The molecule has 20 rings (SSSR count). The molecule has 0 amide bonds. The fourth-order valence-corrected chi connectivity index (χ4v) is 18.8. The van der Waals surface area contributed by atoms with Crippen molar-refractivity contribution in [2.45, 2.75) is 10.8 Å². The Bertz CT molecular complexity index is 5090. The van der Waals surface area contributed by atoms with Crippen LogP contribution in [0.4, 0.5) is 0 Å². The Morgan fingerprint density at radius 3 is 0.902 bits per heavy atom. The van der Waals surface area contributed by atoms with Crippen molar-refractivity contribution in [3.05, 3.63) is 311 Å². The Labute approximate surface area is 480 Å². The second kappa shape index (κ2) is 15.5. The van der Waals surface area contributed by atoms with Crippen LogP contribution in [-0.2, 0) is 10.8 Å². The number of aromatic nitrogens is 2. The Morgan fingerprint density at radius 1 is 0.244 bits per heavy atom. The van der Waals surface area contributed by atoms with Gasteiger partial charge in [-0.2, -0.15) is 0 Å². The lowest BCUT2D eigenvalue weighted by Crippen LogP contribution is -2.26. The molecule has 0 unspecified atom stereocenters. The number of benzene rings is 12. The van der Waals surface area contributed by atoms with Crippen molar-refractivity contribution in [2.24, 2.45) is 0 Å². The largest absolute Gasteiger partial charge is 0.301 e. The average Bonchev–Trinajstić information content (AvgIpc) is 2.42. The Morgan fingerprint density at radius 2 is 0.549 bits per heavy atom. The molecule has 0 aliphatic heterocycles. The maximum Gasteiger partial charge on any atom is 0.109 e. The Kier molecular flexibility index (Phi) is 8.33. The second-order valence-electron chi connectivity index (χ2n) is 22.9. The molecule has 0 saturated carbocycles. The molecule has 378 valence electrons. The normalized spacial score (nSPS) is 14.3. The lowest BCUT2D eigenvalue weighted by Gasteiger charge is -2.30. The van der Waals surface area contributed by atoms with Gasteiger partial charge in [0.2, 0.25) is 0 Å². The molecular weight excluding hydrogens is 1030 g/mol. The van der Waals surface area contributed by atoms with Gasteiger partial charge in [0.05, 0.1) is 21.9 Å². The topological polar surface area (TPSA) is 9.86 Å². The van der Waals surface area contributed by atoms with Crippen LogP contribution in [0.3, 0.4) is 0 Å². The molecular formula is C78H44N2S2. The number of hydrogen-bond donors (Lipinski definition) is 0. The fraction of sp³-hybridized carbons (Fsp3) is 0.0256. The predicted octanol–water partition coefficient (Wildman–Crippen LogP) is 20.7. The van der Waals surface area contributed by atoms with Gasteiger partial charge in [0, 0.05) is 53.1 Å². The van der Waals surface area contributed by atoms with E-state index in [-0.39, 0.29) is 0 Å². The van der Waals surface area contributed by atoms with Crippen LogP contribution in [0.5, 0.6) is 0 Å². The highest BCUT2D eigenvalue weighted by Crippen LogP contribution is 2.65. The van der Waals surface area contributed by atoms with E-state index in [4.69, 9.17) is 0 Å². The number of rotatable bonds is 3. The standard InChI is InChI=1S/C78H44N2S2/c1-9-25-61-49(17-1)50-18-2-10-26-62(50)77(61)65-29-13-5-21-53(65)55-37-35-47(43-67(55)77)79-69-39-33-45(41-59(69)73-57-23-7-15-31-71(57)81-75(73)79)46-34-40-70-60(42-46)74-58-24-8-16-32-72(58)82-76(74)80(70)48-36-38-56-54-22-6-14-30-66(54)78(68(56)44-48)63-27-11-3-19-51(63)52-20-4-12-28-64(52)78/h1-44H. The highest BCUT2D eigenvalue weighted by molar-refractivity contribution is 7.26. The minimum Gasteiger partial charge on any atom is -0.301 e. The van der Waals surface area contributed by atoms with Crippen LogP contribution in [0.1, 0.15) is 44.5 Å². The SMILES string of the molecule is c1ccc2c(c1)-c1ccccc1C21c2ccccc2-c2ccc(-n3c4ccc(-c5ccc6c(c5)c5c7ccccc7sc5n6-c5ccc6c(c5)C5(c7ccccc7-c7ccccc75)c5ccccc5-6)cc4c4c5ccccc5sc43)cc21. The van der Waals surface area contributed by atoms with Gasteiger partial charge in [-0.1, -0.05) is 206 Å². The second-order valence-corrected chi connectivity index (χ2v) is 25.0. The Balaban J connectivity index is 0.788. The summed E-state index contributed by atoms with van der Waals surface area (Å²) in [7, 11) is 0. The molecule has 0 radical (unpaired) electrons. The molecule has 4 heteroatoms. The van der Waals surface area contributed by atoms with Gasteiger partial charge in [-0.25, -0.2) is 0 Å². The van der Waals surface area contributed by atoms with E-state index in [1.165, 1.54) is 174 Å². The minimum atomic E-state index is -0.426. The smallest absolute Gasteiger partial charge is 0.109 e. The Hall–Kier alpha value is -9.84. The van der Waals surface area contributed by atoms with Gasteiger partial charge in [0.25, 0.3) is 0 Å². The van der Waals surface area contributed by atoms with E-state index in [1.807, 2.05) is 22.7 Å². The third-order valence-corrected chi connectivity index (χ3v) is 21.7. The molecule has 0 bridgehead atoms. The van der Waals surface area contributed by atoms with Crippen molar-refractivity contribution in [3.63, 3.8) is 0 Å². The van der Waals surface area contributed by atoms with Crippen LogP contribution in [0.15, 0.2) is 267 Å². The van der Waals surface area contributed by atoms with Gasteiger partial charge >= 0.3 is 0 Å². The van der Waals surface area contributed by atoms with Gasteiger partial charge in [-0.05, 0) is 161 Å². The third-order valence-electron chi connectivity index (χ3n) is 19.4. The molecule has 2 spiro atoms. The summed E-state index contributed by atoms with van der Waals surface area (Å²) < 4.78 is 7.73. The van der Waals surface area contributed by atoms with E-state index in [1.54, 1.807) is 0 Å². The fourth-order valence-electron chi connectivity index (χ4n) is 16.3. The van der Waals surface area contributed by atoms with Gasteiger partial charge in [0.1, 0.15) is 9.66 Å². The zero-order valence-electron chi connectivity index (χ0n) is 44.1. The van der Waals surface area contributed by atoms with Crippen LogP contribution in [-0.4, -0.2) is 9.13 Å². The van der Waals surface area contributed by atoms with Crippen molar-refractivity contribution >= 4 is 85.1 Å². The van der Waals surface area contributed by atoms with Crippen molar-refractivity contribution in [1.29, 1.82) is 0 Å². The van der Waals surface area contributed by atoms with Crippen molar-refractivity contribution in [2.75, 3.05) is 0 Å². The summed E-state index contributed by atoms with van der Waals surface area (Å²) in [6.07, 6.45) is 0. The molecule has 4 aliphatic carbocycles. The van der Waals surface area contributed by atoms with E-state index < -0.39 is 10.8 Å². The quantitative estimate of drug-likeness (QED) is 0.167. The first-order valence-electron chi connectivity index (χ1n) is 28.5. The van der Waals surface area contributed by atoms with E-state index in [9.17, 15) is 0 Å². The molecule has 4 heterocycles. The molecule has 0 saturated heterocycles. The first-order valence-corrected chi connectivity index (χ1v) is 30.1. The zero-order valence-corrected chi connectivity index (χ0v) is 45.7. The lowest BCUT2D eigenvalue weighted by molar-refractivity contribution is 0.792. The van der Waals surface area contributed by atoms with Crippen LogP contribution >= 0.6 is 22.7 Å². The van der Waals surface area contributed by atoms with E-state index in [0.29, 0.717) is 0 Å². The summed E-state index contributed by atoms with van der Waals surface area (Å²) in [6.45, 7) is 0. The highest BCUT2D eigenvalue weighted by Gasteiger charge is 2.53. The minimum absolute atomic E-state index is 0.426. The molecule has 16 aromatic rings. The number of nitrogens with zero attached hydrogens (tertiary/aromatic N) is 2. The monoisotopic (exact) mass is 1070 g/mol. The van der Waals surface area contributed by atoms with E-state index in [2.05, 4.69) is 276 Å². The maximum absolute atomic E-state index is 2.56. The van der Waals surface area contributed by atoms with Gasteiger partial charge in [-0.3, -0.25) is 0 Å². The summed E-state index contributed by atoms with van der Waals surface area (Å²) >= 11 is 3.81. The van der Waals surface area contributed by atoms with Gasteiger partial charge in [-0.15, -0.1) is 22.7 Å². The van der Waals surface area contributed by atoms with Crippen LogP contribution in [0.25, 0.3) is 129 Å². The molecule has 82 heavy (non-hydrogen) atoms. The number of thiophene rings is 2. The molecule has 12 aromatic carbocycles. The first kappa shape index (κ1) is 44.0. The number of fused-ring (bicyclic) bond motifs is 30. The third kappa shape index (κ3) is 5.19. The molecule has 0 N–H and O–H groups in total.